The Morgan fingerprint density at radius 2 is 1.79 bits per heavy atom. The lowest BCUT2D eigenvalue weighted by Gasteiger charge is -2.16. The van der Waals surface area contributed by atoms with Gasteiger partial charge in [0.05, 0.1) is 29.9 Å². The fourth-order valence-corrected chi connectivity index (χ4v) is 5.36. The first-order valence-electron chi connectivity index (χ1n) is 12.8. The summed E-state index contributed by atoms with van der Waals surface area (Å²) in [6.07, 6.45) is -3.17. The molecule has 1 fully saturated rings. The highest BCUT2D eigenvalue weighted by Gasteiger charge is 2.37. The van der Waals surface area contributed by atoms with Gasteiger partial charge in [0.25, 0.3) is 11.1 Å². The van der Waals surface area contributed by atoms with E-state index < -0.39 is 35.3 Å². The Hall–Kier alpha value is -3.97. The third kappa shape index (κ3) is 7.90. The van der Waals surface area contributed by atoms with Crippen LogP contribution in [-0.4, -0.2) is 42.2 Å². The molecule has 0 spiro atoms. The van der Waals surface area contributed by atoms with E-state index in [-0.39, 0.29) is 16.3 Å². The lowest BCUT2D eigenvalue weighted by molar-refractivity contribution is -0.137. The van der Waals surface area contributed by atoms with E-state index in [0.29, 0.717) is 57.5 Å². The number of amides is 3. The molecule has 1 aliphatic rings. The molecule has 1 N–H and O–H groups in total. The van der Waals surface area contributed by atoms with Gasteiger partial charge >= 0.3 is 6.18 Å². The van der Waals surface area contributed by atoms with E-state index in [1.165, 1.54) is 13.2 Å². The lowest BCUT2D eigenvalue weighted by atomic mass is 10.1. The predicted octanol–water partition coefficient (Wildman–Crippen LogP) is 7.44. The van der Waals surface area contributed by atoms with Gasteiger partial charge in [0.2, 0.25) is 5.91 Å². The van der Waals surface area contributed by atoms with Gasteiger partial charge in [0.15, 0.2) is 11.5 Å². The summed E-state index contributed by atoms with van der Waals surface area (Å²) in [7, 11) is 1.23. The summed E-state index contributed by atoms with van der Waals surface area (Å²) < 4.78 is 56.8. The molecule has 0 unspecified atom stereocenters. The number of carbonyl (C=O) groups is 3. The third-order valence-electron chi connectivity index (χ3n) is 6.10. The number of aryl methyl sites for hydroxylation is 1. The molecule has 8 nitrogen and oxygen atoms in total. The maximum absolute atomic E-state index is 13.2. The summed E-state index contributed by atoms with van der Waals surface area (Å²) >= 11 is 4.11. The second-order valence-electron chi connectivity index (χ2n) is 9.26. The molecule has 3 aromatic carbocycles. The number of hydrogen-bond acceptors (Lipinski definition) is 7. The van der Waals surface area contributed by atoms with Gasteiger partial charge in [-0.15, -0.1) is 0 Å². The normalized spacial score (nSPS) is 14.3. The van der Waals surface area contributed by atoms with Crippen molar-refractivity contribution in [3.8, 4) is 17.2 Å². The van der Waals surface area contributed by atoms with E-state index in [1.54, 1.807) is 12.1 Å². The van der Waals surface area contributed by atoms with Crippen molar-refractivity contribution in [3.63, 3.8) is 0 Å². The molecule has 3 amide bonds. The number of nitrogens with one attached hydrogen (secondary N) is 1. The summed E-state index contributed by atoms with van der Waals surface area (Å²) in [5.74, 6) is -0.723. The Kier molecular flexibility index (Phi) is 10.1. The molecule has 4 rings (SSSR count). The first-order chi connectivity index (χ1) is 20.4. The van der Waals surface area contributed by atoms with Crippen LogP contribution in [0.3, 0.4) is 0 Å². The minimum absolute atomic E-state index is 0.0170. The molecule has 43 heavy (non-hydrogen) atoms. The summed E-state index contributed by atoms with van der Waals surface area (Å²) in [5, 5.41) is 1.59. The standard InChI is InChI=1S/C30H26BrF3N2O6S/c1-4-41-24-11-19(21(31)14-25(24)42-16-18-7-5-6-17(2)10-18)12-26-28(38)36(29(39)43-26)15-27(37)35-22-13-20(30(32,33)34)8-9-23(22)40-3/h5-14H,4,15-16H2,1-3H3,(H,35,37)/b26-12-. The molecular formula is C30H26BrF3N2O6S. The maximum Gasteiger partial charge on any atom is 0.416 e. The number of benzene rings is 3. The highest BCUT2D eigenvalue weighted by Crippen LogP contribution is 2.39. The lowest BCUT2D eigenvalue weighted by Crippen LogP contribution is -2.36. The molecule has 226 valence electrons. The Labute approximate surface area is 258 Å². The number of halogens is 4. The Morgan fingerprint density at radius 1 is 1.05 bits per heavy atom. The highest BCUT2D eigenvalue weighted by atomic mass is 79.9. The zero-order valence-corrected chi connectivity index (χ0v) is 25.6. The van der Waals surface area contributed by atoms with Gasteiger partial charge in [0.1, 0.15) is 18.9 Å². The van der Waals surface area contributed by atoms with E-state index in [2.05, 4.69) is 21.2 Å². The molecule has 1 heterocycles. The fraction of sp³-hybridized carbons (Fsp3) is 0.233. The Morgan fingerprint density at radius 3 is 2.47 bits per heavy atom. The summed E-state index contributed by atoms with van der Waals surface area (Å²) in [4.78, 5) is 39.2. The van der Waals surface area contributed by atoms with Crippen molar-refractivity contribution >= 4 is 56.5 Å². The van der Waals surface area contributed by atoms with Crippen molar-refractivity contribution in [2.45, 2.75) is 26.6 Å². The molecule has 0 aliphatic carbocycles. The molecule has 0 saturated carbocycles. The predicted molar refractivity (Wildman–Crippen MR) is 160 cm³/mol. The van der Waals surface area contributed by atoms with Gasteiger partial charge in [-0.05, 0) is 73.1 Å². The van der Waals surface area contributed by atoms with Crippen LogP contribution in [0, 0.1) is 6.92 Å². The minimum Gasteiger partial charge on any atom is -0.495 e. The number of ether oxygens (including phenoxy) is 3. The topological polar surface area (TPSA) is 94.2 Å². The van der Waals surface area contributed by atoms with Gasteiger partial charge in [-0.1, -0.05) is 45.8 Å². The largest absolute Gasteiger partial charge is 0.495 e. The molecule has 0 aromatic heterocycles. The number of rotatable bonds is 10. The van der Waals surface area contributed by atoms with Crippen molar-refractivity contribution in [2.24, 2.45) is 0 Å². The third-order valence-corrected chi connectivity index (χ3v) is 7.70. The summed E-state index contributed by atoms with van der Waals surface area (Å²) in [6, 6.07) is 13.8. The van der Waals surface area contributed by atoms with Gasteiger partial charge in [-0.3, -0.25) is 19.3 Å². The van der Waals surface area contributed by atoms with Crippen molar-refractivity contribution in [3.05, 3.63) is 86.2 Å². The first kappa shape index (κ1) is 32.0. The van der Waals surface area contributed by atoms with Crippen molar-refractivity contribution in [2.75, 3.05) is 25.6 Å². The van der Waals surface area contributed by atoms with Crippen LogP contribution in [-0.2, 0) is 22.4 Å². The number of hydrogen-bond donors (Lipinski definition) is 1. The molecule has 1 aliphatic heterocycles. The van der Waals surface area contributed by atoms with Gasteiger partial charge in [0, 0.05) is 4.47 Å². The Balaban J connectivity index is 1.50. The van der Waals surface area contributed by atoms with Crippen molar-refractivity contribution in [1.29, 1.82) is 0 Å². The van der Waals surface area contributed by atoms with Crippen LogP contribution in [0.15, 0.2) is 64.0 Å². The molecule has 1 saturated heterocycles. The van der Waals surface area contributed by atoms with Crippen LogP contribution in [0.1, 0.15) is 29.2 Å². The number of imide groups is 1. The number of carbonyl (C=O) groups excluding carboxylic acids is 3. The van der Waals surface area contributed by atoms with E-state index >= 15 is 0 Å². The monoisotopic (exact) mass is 678 g/mol. The van der Waals surface area contributed by atoms with E-state index in [0.717, 1.165) is 23.3 Å². The van der Waals surface area contributed by atoms with Crippen LogP contribution in [0.5, 0.6) is 17.2 Å². The van der Waals surface area contributed by atoms with Crippen molar-refractivity contribution < 1.29 is 41.8 Å². The minimum atomic E-state index is -4.65. The van der Waals surface area contributed by atoms with Gasteiger partial charge < -0.3 is 19.5 Å². The molecule has 0 radical (unpaired) electrons. The molecule has 0 atom stereocenters. The van der Waals surface area contributed by atoms with Crippen LogP contribution in [0.2, 0.25) is 0 Å². The number of alkyl halides is 3. The summed E-state index contributed by atoms with van der Waals surface area (Å²) in [6.45, 7) is 3.75. The van der Waals surface area contributed by atoms with Crippen LogP contribution in [0.25, 0.3) is 6.08 Å². The fourth-order valence-electron chi connectivity index (χ4n) is 4.10. The van der Waals surface area contributed by atoms with Crippen molar-refractivity contribution in [1.82, 2.24) is 4.90 Å². The smallest absolute Gasteiger partial charge is 0.416 e. The molecular weight excluding hydrogens is 653 g/mol. The average Bonchev–Trinajstić information content (AvgIpc) is 3.20. The number of anilines is 1. The van der Waals surface area contributed by atoms with Gasteiger partial charge in [-0.2, -0.15) is 13.2 Å². The van der Waals surface area contributed by atoms with Crippen LogP contribution < -0.4 is 19.5 Å². The average molecular weight is 680 g/mol. The maximum atomic E-state index is 13.2. The number of methoxy groups -OCH3 is 1. The van der Waals surface area contributed by atoms with E-state index in [1.807, 2.05) is 38.1 Å². The zero-order chi connectivity index (χ0) is 31.3. The van der Waals surface area contributed by atoms with Crippen LogP contribution >= 0.6 is 27.7 Å². The van der Waals surface area contributed by atoms with E-state index in [9.17, 15) is 27.6 Å². The molecule has 0 bridgehead atoms. The van der Waals surface area contributed by atoms with E-state index in [4.69, 9.17) is 14.2 Å². The number of thioether (sulfide) groups is 1. The molecule has 13 heteroatoms. The Bertz CT molecular complexity index is 1590. The molecule has 3 aromatic rings. The second-order valence-corrected chi connectivity index (χ2v) is 11.1. The first-order valence-corrected chi connectivity index (χ1v) is 14.5. The highest BCUT2D eigenvalue weighted by molar-refractivity contribution is 9.10. The second kappa shape index (κ2) is 13.6. The SMILES string of the molecule is CCOc1cc(/C=C2\SC(=O)N(CC(=O)Nc3cc(C(F)(F)F)ccc3OC)C2=O)c(Br)cc1OCc1cccc(C)c1. The summed E-state index contributed by atoms with van der Waals surface area (Å²) in [5.41, 5.74) is 1.36. The number of nitrogens with zero attached hydrogens (tertiary/aromatic N) is 1. The van der Waals surface area contributed by atoms with Gasteiger partial charge in [-0.25, -0.2) is 0 Å². The zero-order valence-electron chi connectivity index (χ0n) is 23.2. The van der Waals surface area contributed by atoms with Crippen LogP contribution in [0.4, 0.5) is 23.7 Å². The quantitative estimate of drug-likeness (QED) is 0.223.